The first-order chi connectivity index (χ1) is 9.79. The van der Waals surface area contributed by atoms with E-state index in [1.165, 1.54) is 0 Å². The molecule has 2 aromatic rings. The average molecular weight is 272 g/mol. The van der Waals surface area contributed by atoms with Crippen LogP contribution in [0.5, 0.6) is 0 Å². The molecule has 0 saturated heterocycles. The van der Waals surface area contributed by atoms with Gasteiger partial charge in [0.2, 0.25) is 0 Å². The van der Waals surface area contributed by atoms with E-state index in [-0.39, 0.29) is 12.7 Å². The Morgan fingerprint density at radius 3 is 2.10 bits per heavy atom. The van der Waals surface area contributed by atoms with Crippen LogP contribution in [0.25, 0.3) is 0 Å². The van der Waals surface area contributed by atoms with E-state index in [1.54, 1.807) is 0 Å². The van der Waals surface area contributed by atoms with Crippen molar-refractivity contribution in [3.05, 3.63) is 71.8 Å². The molecule has 2 N–H and O–H groups in total. The minimum Gasteiger partial charge on any atom is -0.394 e. The number of hydrogen-bond donors (Lipinski definition) is 2. The summed E-state index contributed by atoms with van der Waals surface area (Å²) in [6, 6.07) is 19.2. The third-order valence-electron chi connectivity index (χ3n) is 3.20. The van der Waals surface area contributed by atoms with Gasteiger partial charge < -0.3 is 14.9 Å². The van der Waals surface area contributed by atoms with Gasteiger partial charge >= 0.3 is 0 Å². The van der Waals surface area contributed by atoms with Gasteiger partial charge in [0.05, 0.1) is 25.4 Å². The first-order valence-electron chi connectivity index (χ1n) is 6.79. The Morgan fingerprint density at radius 2 is 1.50 bits per heavy atom. The molecule has 2 rings (SSSR count). The first kappa shape index (κ1) is 14.7. The molecule has 0 bridgehead atoms. The van der Waals surface area contributed by atoms with Crippen LogP contribution in [-0.4, -0.2) is 22.9 Å². The Bertz CT molecular complexity index is 484. The average Bonchev–Trinajstić information content (AvgIpc) is 2.53. The zero-order chi connectivity index (χ0) is 14.2. The Hall–Kier alpha value is -1.68. The van der Waals surface area contributed by atoms with E-state index in [2.05, 4.69) is 0 Å². The van der Waals surface area contributed by atoms with Gasteiger partial charge in [0.15, 0.2) is 0 Å². The van der Waals surface area contributed by atoms with Crippen molar-refractivity contribution in [2.24, 2.45) is 0 Å². The maximum absolute atomic E-state index is 10.1. The summed E-state index contributed by atoms with van der Waals surface area (Å²) in [6.45, 7) is 0.338. The zero-order valence-electron chi connectivity index (χ0n) is 11.4. The molecule has 0 aliphatic heterocycles. The summed E-state index contributed by atoms with van der Waals surface area (Å²) in [4.78, 5) is 0. The molecule has 3 heteroatoms. The summed E-state index contributed by atoms with van der Waals surface area (Å²) >= 11 is 0. The minimum absolute atomic E-state index is 0.100. The predicted molar refractivity (Wildman–Crippen MR) is 78.1 cm³/mol. The summed E-state index contributed by atoms with van der Waals surface area (Å²) in [5, 5.41) is 19.5. The highest BCUT2D eigenvalue weighted by Crippen LogP contribution is 2.19. The number of aliphatic hydroxyl groups excluding tert-OH is 2. The smallest absolute Gasteiger partial charge is 0.0838 e. The van der Waals surface area contributed by atoms with Gasteiger partial charge in [-0.2, -0.15) is 0 Å². The van der Waals surface area contributed by atoms with Gasteiger partial charge in [0.1, 0.15) is 0 Å². The lowest BCUT2D eigenvalue weighted by Gasteiger charge is -2.19. The van der Waals surface area contributed by atoms with Crippen LogP contribution < -0.4 is 0 Å². The van der Waals surface area contributed by atoms with E-state index < -0.39 is 6.10 Å². The van der Waals surface area contributed by atoms with Crippen molar-refractivity contribution in [2.45, 2.75) is 25.2 Å². The molecule has 0 aromatic heterocycles. The maximum Gasteiger partial charge on any atom is 0.0838 e. The number of ether oxygens (including phenoxy) is 1. The quantitative estimate of drug-likeness (QED) is 0.814. The van der Waals surface area contributed by atoms with Crippen LogP contribution in [-0.2, 0) is 11.3 Å². The van der Waals surface area contributed by atoms with E-state index in [1.807, 2.05) is 60.7 Å². The minimum atomic E-state index is -0.621. The normalized spacial score (nSPS) is 13.9. The highest BCUT2D eigenvalue weighted by Gasteiger charge is 2.15. The molecule has 0 saturated carbocycles. The fraction of sp³-hybridized carbons (Fsp3) is 0.294. The number of rotatable bonds is 7. The van der Waals surface area contributed by atoms with Gasteiger partial charge in [-0.25, -0.2) is 0 Å². The molecular formula is C17H20O3. The molecule has 2 atom stereocenters. The molecule has 2 aromatic carbocycles. The Morgan fingerprint density at radius 1 is 0.900 bits per heavy atom. The van der Waals surface area contributed by atoms with E-state index >= 15 is 0 Å². The molecule has 0 spiro atoms. The zero-order valence-corrected chi connectivity index (χ0v) is 11.4. The highest BCUT2D eigenvalue weighted by atomic mass is 16.5. The lowest BCUT2D eigenvalue weighted by molar-refractivity contribution is -0.0265. The molecule has 3 nitrogen and oxygen atoms in total. The predicted octanol–water partition coefficient (Wildman–Crippen LogP) is 2.69. The molecule has 0 heterocycles. The summed E-state index contributed by atoms with van der Waals surface area (Å²) in [5.74, 6) is 0. The van der Waals surface area contributed by atoms with Crippen molar-refractivity contribution in [1.82, 2.24) is 0 Å². The number of hydrogen-bond acceptors (Lipinski definition) is 3. The molecule has 0 amide bonds. The topological polar surface area (TPSA) is 49.7 Å². The monoisotopic (exact) mass is 272 g/mol. The summed E-state index contributed by atoms with van der Waals surface area (Å²) < 4.78 is 5.66. The number of benzene rings is 2. The Kier molecular flexibility index (Phi) is 5.74. The first-order valence-corrected chi connectivity index (χ1v) is 6.79. The van der Waals surface area contributed by atoms with Crippen molar-refractivity contribution in [2.75, 3.05) is 6.61 Å². The van der Waals surface area contributed by atoms with E-state index in [9.17, 15) is 10.2 Å². The lowest BCUT2D eigenvalue weighted by atomic mass is 10.0. The molecule has 106 valence electrons. The van der Waals surface area contributed by atoms with Crippen LogP contribution >= 0.6 is 0 Å². The summed E-state index contributed by atoms with van der Waals surface area (Å²) in [7, 11) is 0. The molecule has 20 heavy (non-hydrogen) atoms. The van der Waals surface area contributed by atoms with Crippen molar-refractivity contribution in [3.8, 4) is 0 Å². The summed E-state index contributed by atoms with van der Waals surface area (Å²) in [6.07, 6.45) is -0.609. The van der Waals surface area contributed by atoms with Crippen LogP contribution in [0.1, 0.15) is 23.7 Å². The SMILES string of the molecule is OCC(CC(O)c1ccccc1)OCc1ccccc1. The summed E-state index contributed by atoms with van der Waals surface area (Å²) in [5.41, 5.74) is 1.90. The second-order valence-electron chi connectivity index (χ2n) is 4.76. The largest absolute Gasteiger partial charge is 0.394 e. The molecule has 0 aliphatic rings. The van der Waals surface area contributed by atoms with Gasteiger partial charge in [-0.05, 0) is 11.1 Å². The third kappa shape index (κ3) is 4.46. The fourth-order valence-electron chi connectivity index (χ4n) is 2.04. The van der Waals surface area contributed by atoms with Gasteiger partial charge in [-0.3, -0.25) is 0 Å². The van der Waals surface area contributed by atoms with Gasteiger partial charge in [0, 0.05) is 6.42 Å². The van der Waals surface area contributed by atoms with E-state index in [0.29, 0.717) is 13.0 Å². The molecule has 0 aliphatic carbocycles. The van der Waals surface area contributed by atoms with Crippen LogP contribution in [0.4, 0.5) is 0 Å². The Balaban J connectivity index is 1.86. The van der Waals surface area contributed by atoms with Gasteiger partial charge in [-0.15, -0.1) is 0 Å². The fourth-order valence-corrected chi connectivity index (χ4v) is 2.04. The van der Waals surface area contributed by atoms with Gasteiger partial charge in [0.25, 0.3) is 0 Å². The van der Waals surface area contributed by atoms with Crippen LogP contribution in [0.2, 0.25) is 0 Å². The van der Waals surface area contributed by atoms with Crippen LogP contribution in [0, 0.1) is 0 Å². The van der Waals surface area contributed by atoms with E-state index in [4.69, 9.17) is 4.74 Å². The van der Waals surface area contributed by atoms with Crippen molar-refractivity contribution in [1.29, 1.82) is 0 Å². The van der Waals surface area contributed by atoms with Crippen molar-refractivity contribution >= 4 is 0 Å². The van der Waals surface area contributed by atoms with Crippen molar-refractivity contribution < 1.29 is 14.9 Å². The molecular weight excluding hydrogens is 252 g/mol. The van der Waals surface area contributed by atoms with Crippen molar-refractivity contribution in [3.63, 3.8) is 0 Å². The second-order valence-corrected chi connectivity index (χ2v) is 4.76. The standard InChI is InChI=1S/C17H20O3/c18-12-16(20-13-14-7-3-1-4-8-14)11-17(19)15-9-5-2-6-10-15/h1-10,16-19H,11-13H2. The van der Waals surface area contributed by atoms with Gasteiger partial charge in [-0.1, -0.05) is 60.7 Å². The molecule has 2 unspecified atom stereocenters. The maximum atomic E-state index is 10.1. The van der Waals surface area contributed by atoms with Crippen LogP contribution in [0.3, 0.4) is 0 Å². The lowest BCUT2D eigenvalue weighted by Crippen LogP contribution is -2.21. The number of aliphatic hydroxyl groups is 2. The molecule has 0 radical (unpaired) electrons. The third-order valence-corrected chi connectivity index (χ3v) is 3.20. The second kappa shape index (κ2) is 7.80. The van der Waals surface area contributed by atoms with Crippen LogP contribution in [0.15, 0.2) is 60.7 Å². The Labute approximate surface area is 119 Å². The van der Waals surface area contributed by atoms with E-state index in [0.717, 1.165) is 11.1 Å². The molecule has 0 fully saturated rings. The highest BCUT2D eigenvalue weighted by molar-refractivity contribution is 5.17.